The average Bonchev–Trinajstić information content (AvgIpc) is 3.83. The van der Waals surface area contributed by atoms with E-state index in [1.165, 1.54) is 38.7 Å². The summed E-state index contributed by atoms with van der Waals surface area (Å²) >= 11 is 0. The zero-order valence-electron chi connectivity index (χ0n) is 37.6. The Morgan fingerprint density at radius 3 is 2.06 bits per heavy atom. The van der Waals surface area contributed by atoms with Gasteiger partial charge in [0.2, 0.25) is 0 Å². The van der Waals surface area contributed by atoms with Crippen LogP contribution in [0.1, 0.15) is 75.6 Å². The Morgan fingerprint density at radius 2 is 1.40 bits per heavy atom. The first kappa shape index (κ1) is 44.6. The van der Waals surface area contributed by atoms with Crippen LogP contribution >= 0.6 is 0 Å². The molecule has 0 aliphatic heterocycles. The van der Waals surface area contributed by atoms with Crippen LogP contribution in [0.3, 0.4) is 0 Å². The van der Waals surface area contributed by atoms with Crippen molar-refractivity contribution >= 4 is 46.2 Å². The maximum atomic E-state index is 6.49. The van der Waals surface area contributed by atoms with Crippen molar-refractivity contribution in [3.63, 3.8) is 0 Å². The first-order valence-corrected chi connectivity index (χ1v) is 25.2. The summed E-state index contributed by atoms with van der Waals surface area (Å²) in [5.41, 5.74) is 15.2. The molecule has 7 heteroatoms. The van der Waals surface area contributed by atoms with E-state index >= 15 is 0 Å². The van der Waals surface area contributed by atoms with E-state index in [2.05, 4.69) is 174 Å². The molecule has 62 heavy (non-hydrogen) atoms. The zero-order valence-corrected chi connectivity index (χ0v) is 41.0. The smallest absolute Gasteiger partial charge is 0.120 e. The minimum atomic E-state index is -1.34. The van der Waals surface area contributed by atoms with Crippen molar-refractivity contribution in [3.8, 4) is 39.5 Å². The Morgan fingerprint density at radius 1 is 0.710 bits per heavy atom. The van der Waals surface area contributed by atoms with E-state index in [0.717, 1.165) is 67.6 Å². The standard InChI is InChI=1S/C37H32N3O.C18H24NSi.Ir/c1-22(2)30-18-26(25-12-7-6-8-13-25)19-31(23(3)4)35(30)40-32-21-38-20-24(5)34(32)39-37(40)29-16-11-15-28-27-14-9-10-17-33(27)41-36(28)29;1-14(2)11-16-12-17(15-9-7-6-8-10-15)19-13-18(16)20(3,4)5;/h6-15,17-23H,1-5H3;6-9,12-14H,11H2,1-5H3;/q2*-1;. The van der Waals surface area contributed by atoms with Crippen LogP contribution in [0.2, 0.25) is 19.6 Å². The molecule has 9 aromatic rings. The van der Waals surface area contributed by atoms with Crippen LogP contribution in [-0.2, 0) is 26.5 Å². The van der Waals surface area contributed by atoms with Gasteiger partial charge in [-0.3, -0.25) is 9.97 Å². The molecule has 0 spiro atoms. The number of imidazole rings is 1. The quantitative estimate of drug-likeness (QED) is 0.107. The number of benzene rings is 5. The fourth-order valence-electron chi connectivity index (χ4n) is 8.47. The first-order chi connectivity index (χ1) is 29.3. The van der Waals surface area contributed by atoms with Crippen LogP contribution in [0.15, 0.2) is 132 Å². The van der Waals surface area contributed by atoms with Crippen molar-refractivity contribution in [1.29, 1.82) is 0 Å². The molecule has 0 amide bonds. The van der Waals surface area contributed by atoms with Crippen molar-refractivity contribution in [3.05, 3.63) is 162 Å². The van der Waals surface area contributed by atoms with Gasteiger partial charge in [0.1, 0.15) is 5.58 Å². The number of para-hydroxylation sites is 1. The molecule has 4 aromatic heterocycles. The number of hydrogen-bond acceptors (Lipinski definition) is 4. The third-order valence-corrected chi connectivity index (χ3v) is 13.5. The van der Waals surface area contributed by atoms with E-state index in [1.54, 1.807) is 0 Å². The van der Waals surface area contributed by atoms with Gasteiger partial charge in [-0.2, -0.15) is 0 Å². The van der Waals surface area contributed by atoms with Crippen LogP contribution in [0.25, 0.3) is 72.4 Å². The van der Waals surface area contributed by atoms with Crippen molar-refractivity contribution in [2.75, 3.05) is 0 Å². The number of fused-ring (bicyclic) bond motifs is 4. The van der Waals surface area contributed by atoms with Gasteiger partial charge in [0, 0.05) is 43.6 Å². The van der Waals surface area contributed by atoms with Gasteiger partial charge in [0.25, 0.3) is 0 Å². The van der Waals surface area contributed by atoms with E-state index in [0.29, 0.717) is 5.92 Å². The maximum absolute atomic E-state index is 6.49. The van der Waals surface area contributed by atoms with Crippen LogP contribution in [0.4, 0.5) is 0 Å². The largest absolute Gasteiger partial charge is 0.501 e. The second kappa shape index (κ2) is 18.5. The van der Waals surface area contributed by atoms with Crippen molar-refractivity contribution in [2.24, 2.45) is 5.92 Å². The monoisotopic (exact) mass is 1010 g/mol. The predicted molar refractivity (Wildman–Crippen MR) is 259 cm³/mol. The molecule has 0 bridgehead atoms. The van der Waals surface area contributed by atoms with Crippen molar-refractivity contribution < 1.29 is 24.5 Å². The number of nitrogens with zero attached hydrogens (tertiary/aromatic N) is 4. The van der Waals surface area contributed by atoms with Gasteiger partial charge < -0.3 is 14.0 Å². The average molecular weight is 1010 g/mol. The molecule has 0 aliphatic rings. The molecule has 4 heterocycles. The fourth-order valence-corrected chi connectivity index (χ4v) is 10.1. The summed E-state index contributed by atoms with van der Waals surface area (Å²) < 4.78 is 8.80. The predicted octanol–water partition coefficient (Wildman–Crippen LogP) is 14.3. The van der Waals surface area contributed by atoms with E-state index in [4.69, 9.17) is 9.40 Å². The Bertz CT molecular complexity index is 2950. The van der Waals surface area contributed by atoms with Gasteiger partial charge in [0.05, 0.1) is 36.7 Å². The van der Waals surface area contributed by atoms with E-state index in [1.807, 2.05) is 48.8 Å². The summed E-state index contributed by atoms with van der Waals surface area (Å²) in [4.78, 5) is 14.6. The SMILES string of the molecule is CC(C)Cc1cc(-c2[c-]cccc2)ncc1[Si](C)(C)C.Cc1cncc2c1nc(-c1[c-]ccc3c1oc1ccccc13)n2-c1c(C(C)C)cc(-c2ccccc2)cc1C(C)C.[Ir]. The van der Waals surface area contributed by atoms with E-state index in [9.17, 15) is 0 Å². The van der Waals surface area contributed by atoms with Gasteiger partial charge in [0.15, 0.2) is 0 Å². The van der Waals surface area contributed by atoms with E-state index in [-0.39, 0.29) is 31.9 Å². The van der Waals surface area contributed by atoms with Gasteiger partial charge in [-0.15, -0.1) is 54.1 Å². The zero-order chi connectivity index (χ0) is 43.0. The van der Waals surface area contributed by atoms with Crippen LogP contribution in [0.5, 0.6) is 0 Å². The second-order valence-corrected chi connectivity index (χ2v) is 23.4. The van der Waals surface area contributed by atoms with Crippen LogP contribution in [-0.4, -0.2) is 27.6 Å². The third-order valence-electron chi connectivity index (χ3n) is 11.5. The number of aromatic nitrogens is 4. The molecule has 0 aliphatic carbocycles. The minimum Gasteiger partial charge on any atom is -0.501 e. The third kappa shape index (κ3) is 8.90. The Kier molecular flexibility index (Phi) is 13.3. The second-order valence-electron chi connectivity index (χ2n) is 18.3. The molecule has 0 saturated heterocycles. The Balaban J connectivity index is 0.000000233. The molecule has 0 saturated carbocycles. The molecule has 0 unspecified atom stereocenters. The molecular weight excluding hydrogens is 953 g/mol. The number of pyridine rings is 2. The van der Waals surface area contributed by atoms with Gasteiger partial charge in [-0.25, -0.2) is 0 Å². The summed E-state index contributed by atoms with van der Waals surface area (Å²) in [6, 6.07) is 44.7. The molecule has 5 aromatic carbocycles. The summed E-state index contributed by atoms with van der Waals surface area (Å²) in [5.74, 6) is 2.04. The molecule has 0 N–H and O–H groups in total. The number of hydrogen-bond donors (Lipinski definition) is 0. The summed E-state index contributed by atoms with van der Waals surface area (Å²) in [6.45, 7) is 22.9. The number of aryl methyl sites for hydroxylation is 1. The molecule has 9 rings (SSSR count). The molecular formula is C55H56IrN4OSi-2. The maximum Gasteiger partial charge on any atom is 0.120 e. The van der Waals surface area contributed by atoms with Gasteiger partial charge in [-0.1, -0.05) is 132 Å². The van der Waals surface area contributed by atoms with Crippen LogP contribution < -0.4 is 5.19 Å². The van der Waals surface area contributed by atoms with E-state index < -0.39 is 8.07 Å². The summed E-state index contributed by atoms with van der Waals surface area (Å²) in [7, 11) is -1.34. The van der Waals surface area contributed by atoms with Gasteiger partial charge in [-0.05, 0) is 88.0 Å². The summed E-state index contributed by atoms with van der Waals surface area (Å²) in [5, 5.41) is 3.65. The Labute approximate surface area is 382 Å². The molecule has 0 atom stereocenters. The van der Waals surface area contributed by atoms with Crippen LogP contribution in [0, 0.1) is 25.0 Å². The Hall–Kier alpha value is -5.46. The number of rotatable bonds is 9. The number of furan rings is 1. The molecule has 5 nitrogen and oxygen atoms in total. The van der Waals surface area contributed by atoms with Crippen molar-refractivity contribution in [2.45, 2.75) is 86.4 Å². The normalized spacial score (nSPS) is 11.8. The molecule has 1 radical (unpaired) electrons. The summed E-state index contributed by atoms with van der Waals surface area (Å²) in [6.07, 6.45) is 7.07. The molecule has 317 valence electrons. The van der Waals surface area contributed by atoms with Gasteiger partial charge >= 0.3 is 0 Å². The fraction of sp³-hybridized carbons (Fsp3) is 0.255. The topological polar surface area (TPSA) is 56.7 Å². The first-order valence-electron chi connectivity index (χ1n) is 21.7. The molecule has 0 fully saturated rings. The minimum absolute atomic E-state index is 0. The van der Waals surface area contributed by atoms with Crippen molar-refractivity contribution in [1.82, 2.24) is 19.5 Å².